The number of hydrogen-bond donors (Lipinski definition) is 1. The summed E-state index contributed by atoms with van der Waals surface area (Å²) in [4.78, 5) is 2.55. The summed E-state index contributed by atoms with van der Waals surface area (Å²) in [6.45, 7) is 3.16. The van der Waals surface area contributed by atoms with Gasteiger partial charge in [-0.25, -0.2) is 4.39 Å². The van der Waals surface area contributed by atoms with E-state index in [1.54, 1.807) is 6.07 Å². The molecule has 0 radical (unpaired) electrons. The molecule has 110 valence electrons. The van der Waals surface area contributed by atoms with Crippen molar-refractivity contribution in [2.45, 2.75) is 50.7 Å². The summed E-state index contributed by atoms with van der Waals surface area (Å²) in [5.41, 5.74) is 1.08. The van der Waals surface area contributed by atoms with Crippen molar-refractivity contribution in [3.63, 3.8) is 0 Å². The molecule has 0 aliphatic carbocycles. The minimum Gasteiger partial charge on any atom is -0.312 e. The molecule has 1 aromatic carbocycles. The van der Waals surface area contributed by atoms with Crippen LogP contribution in [0.5, 0.6) is 0 Å². The van der Waals surface area contributed by atoms with Crippen molar-refractivity contribution in [2.24, 2.45) is 0 Å². The predicted molar refractivity (Wildman–Crippen MR) is 83.2 cm³/mol. The average molecular weight is 341 g/mol. The molecular weight excluding hydrogens is 319 g/mol. The summed E-state index contributed by atoms with van der Waals surface area (Å²) in [7, 11) is 0. The molecule has 0 spiro atoms. The number of benzene rings is 1. The largest absolute Gasteiger partial charge is 0.312 e. The van der Waals surface area contributed by atoms with Crippen LogP contribution in [0.15, 0.2) is 22.7 Å². The van der Waals surface area contributed by atoms with Crippen molar-refractivity contribution in [3.8, 4) is 0 Å². The van der Waals surface area contributed by atoms with E-state index >= 15 is 0 Å². The molecule has 20 heavy (non-hydrogen) atoms. The molecule has 0 saturated carbocycles. The maximum atomic E-state index is 13.7. The molecule has 1 N–H and O–H groups in total. The van der Waals surface area contributed by atoms with Crippen LogP contribution in [0.4, 0.5) is 4.39 Å². The summed E-state index contributed by atoms with van der Waals surface area (Å²) in [6.07, 6.45) is 6.45. The normalized spacial score (nSPS) is 27.9. The summed E-state index contributed by atoms with van der Waals surface area (Å²) >= 11 is 3.22. The standard InChI is InChI=1S/C16H22BrFN2/c17-13-7-6-12(10-14(13)18)11-20-9-2-1-5-16(20)15-4-3-8-19-15/h6-7,10,15-16,19H,1-5,8-9,11H2. The third kappa shape index (κ3) is 3.23. The first-order valence-corrected chi connectivity index (χ1v) is 8.45. The van der Waals surface area contributed by atoms with E-state index in [0.717, 1.165) is 25.2 Å². The van der Waals surface area contributed by atoms with Crippen molar-refractivity contribution in [3.05, 3.63) is 34.1 Å². The van der Waals surface area contributed by atoms with Gasteiger partial charge >= 0.3 is 0 Å². The lowest BCUT2D eigenvalue weighted by Crippen LogP contribution is -2.49. The van der Waals surface area contributed by atoms with Gasteiger partial charge in [-0.2, -0.15) is 0 Å². The molecule has 2 heterocycles. The van der Waals surface area contributed by atoms with Crippen LogP contribution in [-0.2, 0) is 6.54 Å². The van der Waals surface area contributed by atoms with E-state index in [2.05, 4.69) is 26.1 Å². The molecule has 2 saturated heterocycles. The second kappa shape index (κ2) is 6.54. The smallest absolute Gasteiger partial charge is 0.137 e. The van der Waals surface area contributed by atoms with Gasteiger partial charge < -0.3 is 5.32 Å². The molecule has 4 heteroatoms. The summed E-state index contributed by atoms with van der Waals surface area (Å²) < 4.78 is 14.2. The summed E-state index contributed by atoms with van der Waals surface area (Å²) in [6, 6.07) is 6.77. The van der Waals surface area contributed by atoms with Gasteiger partial charge in [-0.15, -0.1) is 0 Å². The Morgan fingerprint density at radius 1 is 1.25 bits per heavy atom. The third-order valence-electron chi connectivity index (χ3n) is 4.60. The number of nitrogens with zero attached hydrogens (tertiary/aromatic N) is 1. The highest BCUT2D eigenvalue weighted by Crippen LogP contribution is 2.26. The molecular formula is C16H22BrFN2. The Hall–Kier alpha value is -0.450. The van der Waals surface area contributed by atoms with Gasteiger partial charge in [0, 0.05) is 18.6 Å². The summed E-state index contributed by atoms with van der Waals surface area (Å²) in [5, 5.41) is 3.64. The van der Waals surface area contributed by atoms with Crippen LogP contribution in [-0.4, -0.2) is 30.1 Å². The fourth-order valence-electron chi connectivity index (χ4n) is 3.58. The molecule has 0 bridgehead atoms. The van der Waals surface area contributed by atoms with Gasteiger partial charge in [-0.05, 0) is 72.4 Å². The molecule has 2 atom stereocenters. The van der Waals surface area contributed by atoms with Crippen LogP contribution in [0.3, 0.4) is 0 Å². The minimum atomic E-state index is -0.157. The van der Waals surface area contributed by atoms with Crippen LogP contribution >= 0.6 is 15.9 Å². The first kappa shape index (κ1) is 14.5. The Balaban J connectivity index is 1.71. The van der Waals surface area contributed by atoms with Crippen LogP contribution < -0.4 is 5.32 Å². The van der Waals surface area contributed by atoms with E-state index in [0.29, 0.717) is 16.6 Å². The Bertz CT molecular complexity index is 460. The van der Waals surface area contributed by atoms with E-state index < -0.39 is 0 Å². The van der Waals surface area contributed by atoms with E-state index in [-0.39, 0.29) is 5.82 Å². The van der Waals surface area contributed by atoms with E-state index in [4.69, 9.17) is 0 Å². The van der Waals surface area contributed by atoms with Crippen molar-refractivity contribution >= 4 is 15.9 Å². The maximum Gasteiger partial charge on any atom is 0.137 e. The molecule has 2 unspecified atom stereocenters. The number of piperidine rings is 1. The quantitative estimate of drug-likeness (QED) is 0.902. The molecule has 1 aromatic rings. The average Bonchev–Trinajstić information content (AvgIpc) is 2.97. The number of hydrogen-bond acceptors (Lipinski definition) is 2. The second-order valence-corrected chi connectivity index (χ2v) is 6.84. The van der Waals surface area contributed by atoms with Gasteiger partial charge in [0.05, 0.1) is 4.47 Å². The molecule has 3 rings (SSSR count). The summed E-state index contributed by atoms with van der Waals surface area (Å²) in [5.74, 6) is -0.157. The zero-order valence-electron chi connectivity index (χ0n) is 11.7. The second-order valence-electron chi connectivity index (χ2n) is 5.98. The molecule has 0 aromatic heterocycles. The highest BCUT2D eigenvalue weighted by atomic mass is 79.9. The van der Waals surface area contributed by atoms with E-state index in [1.165, 1.54) is 32.1 Å². The van der Waals surface area contributed by atoms with E-state index in [1.807, 2.05) is 12.1 Å². The maximum absolute atomic E-state index is 13.7. The van der Waals surface area contributed by atoms with Crippen LogP contribution in [0.25, 0.3) is 0 Å². The lowest BCUT2D eigenvalue weighted by Gasteiger charge is -2.39. The SMILES string of the molecule is Fc1cc(CN2CCCCC2C2CCCN2)ccc1Br. The van der Waals surface area contributed by atoms with Crippen LogP contribution in [0.1, 0.15) is 37.7 Å². The Labute approximate surface area is 128 Å². The van der Waals surface area contributed by atoms with Crippen LogP contribution in [0, 0.1) is 5.82 Å². The predicted octanol–water partition coefficient (Wildman–Crippen LogP) is 3.69. The van der Waals surface area contributed by atoms with Gasteiger partial charge in [0.2, 0.25) is 0 Å². The number of rotatable bonds is 3. The minimum absolute atomic E-state index is 0.157. The van der Waals surface area contributed by atoms with Gasteiger partial charge in [0.25, 0.3) is 0 Å². The molecule has 2 nitrogen and oxygen atoms in total. The van der Waals surface area contributed by atoms with Crippen molar-refractivity contribution in [1.29, 1.82) is 0 Å². The Kier molecular flexibility index (Phi) is 4.74. The third-order valence-corrected chi connectivity index (χ3v) is 5.24. The zero-order valence-corrected chi connectivity index (χ0v) is 13.3. The van der Waals surface area contributed by atoms with Crippen molar-refractivity contribution in [1.82, 2.24) is 10.2 Å². The monoisotopic (exact) mass is 340 g/mol. The van der Waals surface area contributed by atoms with E-state index in [9.17, 15) is 4.39 Å². The molecule has 2 aliphatic heterocycles. The van der Waals surface area contributed by atoms with Crippen molar-refractivity contribution in [2.75, 3.05) is 13.1 Å². The van der Waals surface area contributed by atoms with Crippen molar-refractivity contribution < 1.29 is 4.39 Å². The highest BCUT2D eigenvalue weighted by Gasteiger charge is 2.31. The number of likely N-dealkylation sites (tertiary alicyclic amines) is 1. The Morgan fingerprint density at radius 2 is 2.15 bits per heavy atom. The molecule has 0 amide bonds. The van der Waals surface area contributed by atoms with Gasteiger partial charge in [-0.1, -0.05) is 12.5 Å². The first-order chi connectivity index (χ1) is 9.74. The number of halogens is 2. The number of nitrogens with one attached hydrogen (secondary N) is 1. The molecule has 2 fully saturated rings. The van der Waals surface area contributed by atoms with Crippen LogP contribution in [0.2, 0.25) is 0 Å². The Morgan fingerprint density at radius 3 is 2.90 bits per heavy atom. The fraction of sp³-hybridized carbons (Fsp3) is 0.625. The van der Waals surface area contributed by atoms with Gasteiger partial charge in [0.15, 0.2) is 0 Å². The molecule has 2 aliphatic rings. The highest BCUT2D eigenvalue weighted by molar-refractivity contribution is 9.10. The lowest BCUT2D eigenvalue weighted by atomic mass is 9.94. The van der Waals surface area contributed by atoms with Gasteiger partial charge in [0.1, 0.15) is 5.82 Å². The fourth-order valence-corrected chi connectivity index (χ4v) is 3.83. The lowest BCUT2D eigenvalue weighted by molar-refractivity contribution is 0.112. The first-order valence-electron chi connectivity index (χ1n) is 7.65. The van der Waals surface area contributed by atoms with Gasteiger partial charge in [-0.3, -0.25) is 4.90 Å². The zero-order chi connectivity index (χ0) is 13.9. The topological polar surface area (TPSA) is 15.3 Å².